The minimum atomic E-state index is -3.20. The maximum atomic E-state index is 12.7. The van der Waals surface area contributed by atoms with Crippen LogP contribution in [0.2, 0.25) is 0 Å². The van der Waals surface area contributed by atoms with E-state index in [9.17, 15) is 23.1 Å². The van der Waals surface area contributed by atoms with Gasteiger partial charge in [0.1, 0.15) is 0 Å². The molecule has 2 aliphatic heterocycles. The normalized spacial score (nSPS) is 30.6. The summed E-state index contributed by atoms with van der Waals surface area (Å²) in [6, 6.07) is 0. The number of carbonyl (C=O) groups is 2. The number of hydrogen-bond donors (Lipinski definition) is 1. The number of carbonyl (C=O) groups excluding carboxylic acids is 1. The summed E-state index contributed by atoms with van der Waals surface area (Å²) >= 11 is 0. The second-order valence-electron chi connectivity index (χ2n) is 7.13. The smallest absolute Gasteiger partial charge is 0.308 e. The number of piperidine rings is 1. The average Bonchev–Trinajstić information content (AvgIpc) is 3.24. The zero-order chi connectivity index (χ0) is 16.8. The highest BCUT2D eigenvalue weighted by molar-refractivity contribution is 7.88. The molecule has 0 bridgehead atoms. The van der Waals surface area contributed by atoms with Gasteiger partial charge < -0.3 is 10.0 Å². The third-order valence-corrected chi connectivity index (χ3v) is 6.80. The summed E-state index contributed by atoms with van der Waals surface area (Å²) in [5.41, 5.74) is 0. The Balaban J connectivity index is 1.60. The number of carboxylic acid groups (broad SMARTS) is 1. The van der Waals surface area contributed by atoms with Crippen LogP contribution in [0.15, 0.2) is 0 Å². The lowest BCUT2D eigenvalue weighted by Gasteiger charge is -2.31. The van der Waals surface area contributed by atoms with E-state index in [1.807, 2.05) is 0 Å². The van der Waals surface area contributed by atoms with Gasteiger partial charge in [-0.25, -0.2) is 12.7 Å². The molecule has 0 radical (unpaired) electrons. The number of likely N-dealkylation sites (tertiary alicyclic amines) is 1. The van der Waals surface area contributed by atoms with Gasteiger partial charge in [-0.2, -0.15) is 0 Å². The Morgan fingerprint density at radius 3 is 2.13 bits per heavy atom. The molecule has 0 unspecified atom stereocenters. The highest BCUT2D eigenvalue weighted by Gasteiger charge is 2.47. The topological polar surface area (TPSA) is 95.0 Å². The van der Waals surface area contributed by atoms with Crippen molar-refractivity contribution in [1.29, 1.82) is 0 Å². The van der Waals surface area contributed by atoms with Crippen molar-refractivity contribution in [1.82, 2.24) is 9.21 Å². The number of rotatable bonds is 4. The number of hydrogen-bond acceptors (Lipinski definition) is 4. The van der Waals surface area contributed by atoms with E-state index in [2.05, 4.69) is 0 Å². The quantitative estimate of drug-likeness (QED) is 0.787. The molecule has 1 amide bonds. The van der Waals surface area contributed by atoms with Crippen LogP contribution in [0.25, 0.3) is 0 Å². The standard InChI is InChI=1S/C15H24N2O5S/c1-23(21,22)17-6-4-11(5-7-17)14(18)16-8-12(10-2-3-10)13(9-16)15(19)20/h10-13H,2-9H2,1H3,(H,19,20)/t12-,13+/m1/s1. The van der Waals surface area contributed by atoms with E-state index < -0.39 is 21.9 Å². The van der Waals surface area contributed by atoms with Crippen molar-refractivity contribution in [3.63, 3.8) is 0 Å². The first kappa shape index (κ1) is 16.7. The van der Waals surface area contributed by atoms with Gasteiger partial charge in [0.25, 0.3) is 0 Å². The van der Waals surface area contributed by atoms with Crippen molar-refractivity contribution in [2.75, 3.05) is 32.4 Å². The van der Waals surface area contributed by atoms with Gasteiger partial charge in [0.2, 0.25) is 15.9 Å². The van der Waals surface area contributed by atoms with Crippen LogP contribution >= 0.6 is 0 Å². The van der Waals surface area contributed by atoms with Crippen LogP contribution in [0.1, 0.15) is 25.7 Å². The summed E-state index contributed by atoms with van der Waals surface area (Å²) in [7, 11) is -3.20. The van der Waals surface area contributed by atoms with Crippen LogP contribution in [0.4, 0.5) is 0 Å². The molecule has 0 aromatic heterocycles. The average molecular weight is 344 g/mol. The van der Waals surface area contributed by atoms with Crippen LogP contribution in [-0.2, 0) is 19.6 Å². The maximum absolute atomic E-state index is 12.7. The molecular weight excluding hydrogens is 320 g/mol. The summed E-state index contributed by atoms with van der Waals surface area (Å²) in [5.74, 6) is -0.867. The minimum Gasteiger partial charge on any atom is -0.481 e. The Bertz CT molecular complexity index is 593. The second kappa shape index (κ2) is 6.05. The van der Waals surface area contributed by atoms with Crippen LogP contribution in [0.3, 0.4) is 0 Å². The van der Waals surface area contributed by atoms with Crippen molar-refractivity contribution >= 4 is 21.9 Å². The first-order chi connectivity index (χ1) is 10.8. The molecule has 1 aliphatic carbocycles. The fraction of sp³-hybridized carbons (Fsp3) is 0.867. The fourth-order valence-corrected chi connectivity index (χ4v) is 4.84. The Kier molecular flexibility index (Phi) is 4.39. The molecule has 7 nitrogen and oxygen atoms in total. The lowest BCUT2D eigenvalue weighted by atomic mass is 9.92. The fourth-order valence-electron chi connectivity index (χ4n) is 3.96. The molecule has 2 atom stereocenters. The van der Waals surface area contributed by atoms with Gasteiger partial charge in [0.15, 0.2) is 0 Å². The van der Waals surface area contributed by atoms with E-state index in [1.54, 1.807) is 4.90 Å². The summed E-state index contributed by atoms with van der Waals surface area (Å²) in [5, 5.41) is 9.38. The Hall–Kier alpha value is -1.15. The van der Waals surface area contributed by atoms with Gasteiger partial charge in [-0.3, -0.25) is 9.59 Å². The lowest BCUT2D eigenvalue weighted by molar-refractivity contribution is -0.143. The predicted octanol–water partition coefficient (Wildman–Crippen LogP) is 0.227. The van der Waals surface area contributed by atoms with E-state index in [4.69, 9.17) is 0 Å². The Morgan fingerprint density at radius 1 is 1.04 bits per heavy atom. The molecule has 3 aliphatic rings. The first-order valence-corrected chi connectivity index (χ1v) is 10.1. The summed E-state index contributed by atoms with van der Waals surface area (Å²) in [4.78, 5) is 25.8. The number of aliphatic carboxylic acids is 1. The van der Waals surface area contributed by atoms with Gasteiger partial charge >= 0.3 is 5.97 Å². The number of amides is 1. The molecule has 1 N–H and O–H groups in total. The van der Waals surface area contributed by atoms with E-state index in [0.29, 0.717) is 44.9 Å². The van der Waals surface area contributed by atoms with Crippen LogP contribution in [-0.4, -0.2) is 67.0 Å². The molecule has 1 saturated carbocycles. The van der Waals surface area contributed by atoms with E-state index in [0.717, 1.165) is 12.8 Å². The minimum absolute atomic E-state index is 0.00699. The van der Waals surface area contributed by atoms with Crippen LogP contribution in [0.5, 0.6) is 0 Å². The summed E-state index contributed by atoms with van der Waals surface area (Å²) in [6.07, 6.45) is 4.38. The van der Waals surface area contributed by atoms with Crippen molar-refractivity contribution in [2.24, 2.45) is 23.7 Å². The summed E-state index contributed by atoms with van der Waals surface area (Å²) < 4.78 is 24.5. The Morgan fingerprint density at radius 2 is 1.65 bits per heavy atom. The van der Waals surface area contributed by atoms with Crippen molar-refractivity contribution in [3.05, 3.63) is 0 Å². The largest absolute Gasteiger partial charge is 0.481 e. The molecule has 2 heterocycles. The maximum Gasteiger partial charge on any atom is 0.308 e. The van der Waals surface area contributed by atoms with Gasteiger partial charge in [-0.15, -0.1) is 0 Å². The molecule has 3 rings (SSSR count). The van der Waals surface area contributed by atoms with Crippen LogP contribution < -0.4 is 0 Å². The molecular formula is C15H24N2O5S. The molecule has 8 heteroatoms. The number of nitrogens with zero attached hydrogens (tertiary/aromatic N) is 2. The van der Waals surface area contributed by atoms with Gasteiger partial charge in [-0.05, 0) is 37.5 Å². The third kappa shape index (κ3) is 3.52. The molecule has 23 heavy (non-hydrogen) atoms. The van der Waals surface area contributed by atoms with E-state index in [1.165, 1.54) is 10.6 Å². The molecule has 130 valence electrons. The molecule has 2 saturated heterocycles. The SMILES string of the molecule is CS(=O)(=O)N1CCC(C(=O)N2C[C@H](C(=O)O)[C@@H](C3CC3)C2)CC1. The zero-order valence-electron chi connectivity index (χ0n) is 13.3. The number of sulfonamides is 1. The summed E-state index contributed by atoms with van der Waals surface area (Å²) in [6.45, 7) is 1.60. The molecule has 0 aromatic carbocycles. The number of carboxylic acids is 1. The predicted molar refractivity (Wildman–Crippen MR) is 83.1 cm³/mol. The second-order valence-corrected chi connectivity index (χ2v) is 9.11. The van der Waals surface area contributed by atoms with E-state index in [-0.39, 0.29) is 17.7 Å². The molecule has 0 aromatic rings. The first-order valence-electron chi connectivity index (χ1n) is 8.24. The highest BCUT2D eigenvalue weighted by atomic mass is 32.2. The molecule has 3 fully saturated rings. The van der Waals surface area contributed by atoms with E-state index >= 15 is 0 Å². The van der Waals surface area contributed by atoms with Gasteiger partial charge in [0, 0.05) is 32.1 Å². The van der Waals surface area contributed by atoms with Crippen molar-refractivity contribution in [2.45, 2.75) is 25.7 Å². The van der Waals surface area contributed by atoms with Crippen LogP contribution in [0, 0.1) is 23.7 Å². The highest BCUT2D eigenvalue weighted by Crippen LogP contribution is 2.44. The van der Waals surface area contributed by atoms with Gasteiger partial charge in [-0.1, -0.05) is 0 Å². The lowest BCUT2D eigenvalue weighted by Crippen LogP contribution is -2.43. The Labute approximate surface area is 136 Å². The monoisotopic (exact) mass is 344 g/mol. The van der Waals surface area contributed by atoms with Gasteiger partial charge in [0.05, 0.1) is 12.2 Å². The van der Waals surface area contributed by atoms with Crippen molar-refractivity contribution < 1.29 is 23.1 Å². The van der Waals surface area contributed by atoms with Crippen molar-refractivity contribution in [3.8, 4) is 0 Å². The zero-order valence-corrected chi connectivity index (χ0v) is 14.2. The molecule has 0 spiro atoms. The third-order valence-electron chi connectivity index (χ3n) is 5.49.